The molecule has 0 atom stereocenters. The number of anilines is 4. The summed E-state index contributed by atoms with van der Waals surface area (Å²) in [5, 5.41) is 7.40. The molecule has 35 heavy (non-hydrogen) atoms. The predicted octanol–water partition coefficient (Wildman–Crippen LogP) is 5.13. The predicted molar refractivity (Wildman–Crippen MR) is 141 cm³/mol. The first-order chi connectivity index (χ1) is 17.0. The third-order valence-corrected chi connectivity index (χ3v) is 5.82. The van der Waals surface area contributed by atoms with Crippen LogP contribution in [0.2, 0.25) is 0 Å². The van der Waals surface area contributed by atoms with E-state index in [4.69, 9.17) is 9.47 Å². The van der Waals surface area contributed by atoms with Gasteiger partial charge in [0.05, 0.1) is 23.9 Å². The minimum absolute atomic E-state index is 0.241. The summed E-state index contributed by atoms with van der Waals surface area (Å²) in [6, 6.07) is 9.69. The van der Waals surface area contributed by atoms with Gasteiger partial charge in [-0.05, 0) is 52.3 Å². The molecule has 0 spiro atoms. The number of hydrogen-bond donors (Lipinski definition) is 2. The van der Waals surface area contributed by atoms with Gasteiger partial charge in [0.2, 0.25) is 17.8 Å². The molecule has 0 aliphatic carbocycles. The fraction of sp³-hybridized carbons (Fsp3) is 0.217. The first kappa shape index (κ1) is 25.0. The highest BCUT2D eigenvalue weighted by Gasteiger charge is 2.17. The number of benzene rings is 2. The monoisotopic (exact) mass is 605 g/mol. The number of hydrazone groups is 1. The van der Waals surface area contributed by atoms with E-state index in [0.29, 0.717) is 56.2 Å². The van der Waals surface area contributed by atoms with E-state index >= 15 is 0 Å². The average Bonchev–Trinajstić information content (AvgIpc) is 2.85. The van der Waals surface area contributed by atoms with Crippen LogP contribution in [0, 0.1) is 5.82 Å². The van der Waals surface area contributed by atoms with Crippen LogP contribution in [0.4, 0.5) is 27.9 Å². The Labute approximate surface area is 218 Å². The molecule has 2 N–H and O–H groups in total. The first-order valence-corrected chi connectivity index (χ1v) is 12.2. The third kappa shape index (κ3) is 6.96. The van der Waals surface area contributed by atoms with Crippen LogP contribution >= 0.6 is 31.9 Å². The summed E-state index contributed by atoms with van der Waals surface area (Å²) in [6.07, 6.45) is 3.28. The first-order valence-electron chi connectivity index (χ1n) is 10.6. The molecule has 4 rings (SSSR count). The van der Waals surface area contributed by atoms with E-state index in [1.165, 1.54) is 12.1 Å². The lowest BCUT2D eigenvalue weighted by Gasteiger charge is -2.27. The smallest absolute Gasteiger partial charge is 0.250 e. The maximum Gasteiger partial charge on any atom is 0.250 e. The zero-order valence-electron chi connectivity index (χ0n) is 18.5. The molecule has 1 saturated heterocycles. The maximum atomic E-state index is 13.3. The minimum atomic E-state index is -0.326. The highest BCUT2D eigenvalue weighted by molar-refractivity contribution is 9.11. The number of rotatable bonds is 9. The topological polar surface area (TPSA) is 96.8 Å². The number of ether oxygens (including phenoxy) is 2. The van der Waals surface area contributed by atoms with Gasteiger partial charge in [-0.2, -0.15) is 20.1 Å². The number of halogens is 3. The van der Waals surface area contributed by atoms with Crippen molar-refractivity contribution in [2.45, 2.75) is 0 Å². The van der Waals surface area contributed by atoms with E-state index < -0.39 is 0 Å². The SMILES string of the molecule is C=CCOc1c(Br)cc(Br)cc1/C=N\Nc1nc(Nc2ccc(F)cc2)nc(N2CCOCC2)n1. The van der Waals surface area contributed by atoms with Gasteiger partial charge in [-0.3, -0.25) is 0 Å². The summed E-state index contributed by atoms with van der Waals surface area (Å²) >= 11 is 7.00. The van der Waals surface area contributed by atoms with E-state index in [0.717, 1.165) is 14.5 Å². The Balaban J connectivity index is 1.59. The van der Waals surface area contributed by atoms with Crippen LogP contribution in [-0.2, 0) is 4.74 Å². The lowest BCUT2D eigenvalue weighted by Crippen LogP contribution is -2.37. The normalized spacial score (nSPS) is 13.6. The van der Waals surface area contributed by atoms with Crippen molar-refractivity contribution in [2.24, 2.45) is 5.10 Å². The average molecular weight is 607 g/mol. The second kappa shape index (κ2) is 12.0. The summed E-state index contributed by atoms with van der Waals surface area (Å²) in [4.78, 5) is 15.4. The second-order valence-corrected chi connectivity index (χ2v) is 9.06. The van der Waals surface area contributed by atoms with Crippen LogP contribution in [0.15, 0.2) is 63.1 Å². The fourth-order valence-corrected chi connectivity index (χ4v) is 4.54. The molecule has 0 radical (unpaired) electrons. The second-order valence-electron chi connectivity index (χ2n) is 7.29. The number of nitrogens with zero attached hydrogens (tertiary/aromatic N) is 5. The zero-order valence-corrected chi connectivity index (χ0v) is 21.7. The molecule has 0 amide bonds. The van der Waals surface area contributed by atoms with E-state index in [9.17, 15) is 4.39 Å². The van der Waals surface area contributed by atoms with Gasteiger partial charge >= 0.3 is 0 Å². The maximum absolute atomic E-state index is 13.3. The molecule has 0 bridgehead atoms. The highest BCUT2D eigenvalue weighted by atomic mass is 79.9. The summed E-state index contributed by atoms with van der Waals surface area (Å²) in [5.41, 5.74) is 4.24. The Bertz CT molecular complexity index is 1210. The summed E-state index contributed by atoms with van der Waals surface area (Å²) in [6.45, 7) is 6.51. The summed E-state index contributed by atoms with van der Waals surface area (Å²) in [7, 11) is 0. The van der Waals surface area contributed by atoms with Crippen molar-refractivity contribution in [1.82, 2.24) is 15.0 Å². The lowest BCUT2D eigenvalue weighted by molar-refractivity contribution is 0.122. The van der Waals surface area contributed by atoms with Crippen molar-refractivity contribution in [3.05, 3.63) is 69.4 Å². The van der Waals surface area contributed by atoms with Crippen LogP contribution in [-0.4, -0.2) is 54.1 Å². The van der Waals surface area contributed by atoms with Gasteiger partial charge in [-0.25, -0.2) is 9.82 Å². The molecule has 1 aliphatic heterocycles. The number of hydrogen-bond acceptors (Lipinski definition) is 9. The van der Waals surface area contributed by atoms with Crippen molar-refractivity contribution in [3.8, 4) is 5.75 Å². The molecule has 9 nitrogen and oxygen atoms in total. The Hall–Kier alpha value is -3.09. The highest BCUT2D eigenvalue weighted by Crippen LogP contribution is 2.32. The largest absolute Gasteiger partial charge is 0.488 e. The van der Waals surface area contributed by atoms with E-state index in [2.05, 4.69) is 69.2 Å². The van der Waals surface area contributed by atoms with Gasteiger partial charge < -0.3 is 19.7 Å². The van der Waals surface area contributed by atoms with Gasteiger partial charge in [0, 0.05) is 28.8 Å². The van der Waals surface area contributed by atoms with Crippen molar-refractivity contribution >= 4 is 61.6 Å². The summed E-state index contributed by atoms with van der Waals surface area (Å²) in [5.74, 6) is 1.32. The van der Waals surface area contributed by atoms with Gasteiger partial charge in [0.25, 0.3) is 0 Å². The van der Waals surface area contributed by atoms with Crippen molar-refractivity contribution in [3.63, 3.8) is 0 Å². The Morgan fingerprint density at radius 1 is 1.11 bits per heavy atom. The number of morpholine rings is 1. The molecule has 1 aliphatic rings. The van der Waals surface area contributed by atoms with Gasteiger partial charge in [-0.1, -0.05) is 28.6 Å². The van der Waals surface area contributed by atoms with Crippen LogP contribution in [0.3, 0.4) is 0 Å². The van der Waals surface area contributed by atoms with E-state index in [-0.39, 0.29) is 11.8 Å². The van der Waals surface area contributed by atoms with Crippen LogP contribution < -0.4 is 20.4 Å². The van der Waals surface area contributed by atoms with Gasteiger partial charge in [-0.15, -0.1) is 0 Å². The standard InChI is InChI=1S/C23H22Br2FN7O2/c1-2-9-35-20-15(12-16(24)13-19(20)25)14-27-32-22-29-21(28-18-5-3-17(26)4-6-18)30-23(31-22)33-7-10-34-11-8-33/h2-6,12-14H,1,7-11H2,(H2,28,29,30,31,32)/b27-14-. The molecular weight excluding hydrogens is 585 g/mol. The fourth-order valence-electron chi connectivity index (χ4n) is 3.17. The molecule has 0 saturated carbocycles. The lowest BCUT2D eigenvalue weighted by atomic mass is 10.2. The van der Waals surface area contributed by atoms with Crippen LogP contribution in [0.5, 0.6) is 5.75 Å². The Morgan fingerprint density at radius 2 is 1.86 bits per heavy atom. The molecule has 1 fully saturated rings. The number of aromatic nitrogens is 3. The number of nitrogens with one attached hydrogen (secondary N) is 2. The Kier molecular flexibility index (Phi) is 8.61. The van der Waals surface area contributed by atoms with Crippen molar-refractivity contribution < 1.29 is 13.9 Å². The minimum Gasteiger partial charge on any atom is -0.488 e. The zero-order chi connectivity index (χ0) is 24.6. The molecular formula is C23H22Br2FN7O2. The molecule has 2 heterocycles. The van der Waals surface area contributed by atoms with Crippen LogP contribution in [0.1, 0.15) is 5.56 Å². The summed E-state index contributed by atoms with van der Waals surface area (Å²) < 4.78 is 26.1. The van der Waals surface area contributed by atoms with Gasteiger partial charge in [0.15, 0.2) is 0 Å². The van der Waals surface area contributed by atoms with E-state index in [1.807, 2.05) is 17.0 Å². The van der Waals surface area contributed by atoms with Crippen LogP contribution in [0.25, 0.3) is 0 Å². The molecule has 2 aromatic carbocycles. The van der Waals surface area contributed by atoms with Crippen molar-refractivity contribution in [1.29, 1.82) is 0 Å². The molecule has 1 aromatic heterocycles. The molecule has 3 aromatic rings. The van der Waals surface area contributed by atoms with E-state index in [1.54, 1.807) is 24.4 Å². The Morgan fingerprint density at radius 3 is 2.60 bits per heavy atom. The molecule has 12 heteroatoms. The van der Waals surface area contributed by atoms with Crippen molar-refractivity contribution in [2.75, 3.05) is 48.6 Å². The third-order valence-electron chi connectivity index (χ3n) is 4.77. The molecule has 0 unspecified atom stereocenters. The molecule has 182 valence electrons. The van der Waals surface area contributed by atoms with Gasteiger partial charge in [0.1, 0.15) is 18.2 Å². The quantitative estimate of drug-likeness (QED) is 0.197.